The van der Waals surface area contributed by atoms with Crippen LogP contribution in [0.25, 0.3) is 6.08 Å². The second kappa shape index (κ2) is 3.76. The molecular formula is C10H11NO2. The number of hydrogen-bond acceptors (Lipinski definition) is 3. The van der Waals surface area contributed by atoms with Crippen molar-refractivity contribution in [3.05, 3.63) is 35.9 Å². The van der Waals surface area contributed by atoms with Crippen LogP contribution in [0.1, 0.15) is 15.9 Å². The first-order valence-electron chi connectivity index (χ1n) is 3.79. The predicted molar refractivity (Wildman–Crippen MR) is 52.3 cm³/mol. The summed E-state index contributed by atoms with van der Waals surface area (Å²) < 4.78 is 4.56. The van der Waals surface area contributed by atoms with Gasteiger partial charge in [0.25, 0.3) is 0 Å². The molecule has 0 radical (unpaired) electrons. The molecule has 0 atom stereocenters. The third kappa shape index (κ3) is 1.87. The monoisotopic (exact) mass is 177 g/mol. The lowest BCUT2D eigenvalue weighted by Crippen LogP contribution is -2.05. The predicted octanol–water partition coefficient (Wildman–Crippen LogP) is 1.70. The third-order valence-electron chi connectivity index (χ3n) is 1.72. The summed E-state index contributed by atoms with van der Waals surface area (Å²) >= 11 is 0. The highest BCUT2D eigenvalue weighted by Crippen LogP contribution is 2.15. The van der Waals surface area contributed by atoms with Gasteiger partial charge in [-0.1, -0.05) is 18.7 Å². The molecule has 2 N–H and O–H groups in total. The summed E-state index contributed by atoms with van der Waals surface area (Å²) in [6.07, 6.45) is 1.64. The van der Waals surface area contributed by atoms with Crippen LogP contribution in [-0.4, -0.2) is 13.1 Å². The molecule has 3 nitrogen and oxygen atoms in total. The second-order valence-corrected chi connectivity index (χ2v) is 2.54. The van der Waals surface area contributed by atoms with Gasteiger partial charge in [-0.25, -0.2) is 4.79 Å². The Kier molecular flexibility index (Phi) is 2.69. The Labute approximate surface area is 76.8 Å². The van der Waals surface area contributed by atoms with Crippen LogP contribution in [0, 0.1) is 0 Å². The van der Waals surface area contributed by atoms with Gasteiger partial charge in [0.2, 0.25) is 0 Å². The van der Waals surface area contributed by atoms with Crippen LogP contribution in [0.5, 0.6) is 0 Å². The average Bonchev–Trinajstić information content (AvgIpc) is 2.17. The molecule has 0 aromatic heterocycles. The number of benzene rings is 1. The molecule has 0 aliphatic rings. The van der Waals surface area contributed by atoms with Crippen molar-refractivity contribution in [2.45, 2.75) is 0 Å². The SMILES string of the molecule is C=Cc1ccc(N)c(C(=O)OC)c1. The van der Waals surface area contributed by atoms with E-state index in [0.29, 0.717) is 11.3 Å². The topological polar surface area (TPSA) is 52.3 Å². The Hall–Kier alpha value is -1.77. The molecule has 0 amide bonds. The van der Waals surface area contributed by atoms with E-state index in [-0.39, 0.29) is 0 Å². The highest BCUT2D eigenvalue weighted by atomic mass is 16.5. The van der Waals surface area contributed by atoms with E-state index in [4.69, 9.17) is 5.73 Å². The number of carbonyl (C=O) groups excluding carboxylic acids is 1. The number of anilines is 1. The molecule has 1 aromatic rings. The van der Waals surface area contributed by atoms with E-state index in [1.54, 1.807) is 24.3 Å². The van der Waals surface area contributed by atoms with Crippen LogP contribution in [0.2, 0.25) is 0 Å². The van der Waals surface area contributed by atoms with Gasteiger partial charge >= 0.3 is 5.97 Å². The van der Waals surface area contributed by atoms with Crippen LogP contribution < -0.4 is 5.73 Å². The van der Waals surface area contributed by atoms with Crippen LogP contribution in [0.4, 0.5) is 5.69 Å². The van der Waals surface area contributed by atoms with E-state index < -0.39 is 5.97 Å². The van der Waals surface area contributed by atoms with E-state index in [2.05, 4.69) is 11.3 Å². The number of methoxy groups -OCH3 is 1. The highest BCUT2D eigenvalue weighted by molar-refractivity contribution is 5.95. The summed E-state index contributed by atoms with van der Waals surface area (Å²) in [7, 11) is 1.32. The fourth-order valence-electron chi connectivity index (χ4n) is 0.988. The summed E-state index contributed by atoms with van der Waals surface area (Å²) in [6.45, 7) is 3.59. The lowest BCUT2D eigenvalue weighted by Gasteiger charge is -2.03. The van der Waals surface area contributed by atoms with Gasteiger partial charge in [0.05, 0.1) is 12.7 Å². The largest absolute Gasteiger partial charge is 0.465 e. The Balaban J connectivity index is 3.18. The molecule has 0 saturated carbocycles. The van der Waals surface area contributed by atoms with E-state index in [0.717, 1.165) is 5.56 Å². The first kappa shape index (κ1) is 9.32. The average molecular weight is 177 g/mol. The van der Waals surface area contributed by atoms with Crippen molar-refractivity contribution in [3.8, 4) is 0 Å². The lowest BCUT2D eigenvalue weighted by atomic mass is 10.1. The van der Waals surface area contributed by atoms with Crippen molar-refractivity contribution in [1.82, 2.24) is 0 Å². The molecule has 1 aromatic carbocycles. The first-order valence-corrected chi connectivity index (χ1v) is 3.79. The van der Waals surface area contributed by atoms with E-state index in [9.17, 15) is 4.79 Å². The first-order chi connectivity index (χ1) is 6.19. The second-order valence-electron chi connectivity index (χ2n) is 2.54. The van der Waals surface area contributed by atoms with Gasteiger partial charge in [0.1, 0.15) is 0 Å². The van der Waals surface area contributed by atoms with Gasteiger partial charge in [0.15, 0.2) is 0 Å². The molecule has 0 unspecified atom stereocenters. The molecule has 0 aliphatic carbocycles. The van der Waals surface area contributed by atoms with Crippen LogP contribution >= 0.6 is 0 Å². The van der Waals surface area contributed by atoms with E-state index in [1.165, 1.54) is 7.11 Å². The Bertz CT molecular complexity index is 345. The smallest absolute Gasteiger partial charge is 0.339 e. The van der Waals surface area contributed by atoms with Crippen molar-refractivity contribution in [2.24, 2.45) is 0 Å². The number of carbonyl (C=O) groups is 1. The van der Waals surface area contributed by atoms with E-state index >= 15 is 0 Å². The van der Waals surface area contributed by atoms with Crippen LogP contribution in [0.15, 0.2) is 24.8 Å². The number of nitrogens with two attached hydrogens (primary N) is 1. The molecule has 68 valence electrons. The van der Waals surface area contributed by atoms with Crippen molar-refractivity contribution in [2.75, 3.05) is 12.8 Å². The number of rotatable bonds is 2. The van der Waals surface area contributed by atoms with E-state index in [1.807, 2.05) is 0 Å². The Morgan fingerprint density at radius 2 is 2.31 bits per heavy atom. The van der Waals surface area contributed by atoms with Gasteiger partial charge in [0, 0.05) is 5.69 Å². The fourth-order valence-corrected chi connectivity index (χ4v) is 0.988. The molecule has 0 heterocycles. The molecule has 1 rings (SSSR count). The molecule has 0 saturated heterocycles. The molecule has 0 spiro atoms. The zero-order valence-corrected chi connectivity index (χ0v) is 7.41. The zero-order chi connectivity index (χ0) is 9.84. The summed E-state index contributed by atoms with van der Waals surface area (Å²) in [6, 6.07) is 5.09. The molecule has 0 fully saturated rings. The summed E-state index contributed by atoms with van der Waals surface area (Å²) in [5, 5.41) is 0. The fraction of sp³-hybridized carbons (Fsp3) is 0.100. The minimum absolute atomic E-state index is 0.375. The van der Waals surface area contributed by atoms with Gasteiger partial charge in [-0.2, -0.15) is 0 Å². The van der Waals surface area contributed by atoms with Crippen molar-refractivity contribution >= 4 is 17.7 Å². The summed E-state index contributed by atoms with van der Waals surface area (Å²) in [5.74, 6) is -0.429. The molecular weight excluding hydrogens is 166 g/mol. The maximum absolute atomic E-state index is 11.2. The Morgan fingerprint density at radius 3 is 2.85 bits per heavy atom. The third-order valence-corrected chi connectivity index (χ3v) is 1.72. The molecule has 13 heavy (non-hydrogen) atoms. The van der Waals surface area contributed by atoms with Gasteiger partial charge in [-0.3, -0.25) is 0 Å². The molecule has 0 bridgehead atoms. The maximum atomic E-state index is 11.2. The van der Waals surface area contributed by atoms with Gasteiger partial charge < -0.3 is 10.5 Å². The standard InChI is InChI=1S/C10H11NO2/c1-3-7-4-5-9(11)8(6-7)10(12)13-2/h3-6H,1,11H2,2H3. The van der Waals surface area contributed by atoms with Crippen molar-refractivity contribution < 1.29 is 9.53 Å². The van der Waals surface area contributed by atoms with Crippen LogP contribution in [0.3, 0.4) is 0 Å². The number of esters is 1. The minimum Gasteiger partial charge on any atom is -0.465 e. The van der Waals surface area contributed by atoms with Crippen molar-refractivity contribution in [3.63, 3.8) is 0 Å². The summed E-state index contributed by atoms with van der Waals surface area (Å²) in [5.41, 5.74) is 7.22. The number of ether oxygens (including phenoxy) is 1. The maximum Gasteiger partial charge on any atom is 0.339 e. The van der Waals surface area contributed by atoms with Crippen molar-refractivity contribution in [1.29, 1.82) is 0 Å². The number of nitrogen functional groups attached to an aromatic ring is 1. The molecule has 3 heteroatoms. The highest BCUT2D eigenvalue weighted by Gasteiger charge is 2.09. The summed E-state index contributed by atoms with van der Waals surface area (Å²) in [4.78, 5) is 11.2. The lowest BCUT2D eigenvalue weighted by molar-refractivity contribution is 0.0602. The number of hydrogen-bond donors (Lipinski definition) is 1. The van der Waals surface area contributed by atoms with Gasteiger partial charge in [-0.15, -0.1) is 0 Å². The Morgan fingerprint density at radius 1 is 1.62 bits per heavy atom. The normalized spacial score (nSPS) is 9.31. The quantitative estimate of drug-likeness (QED) is 0.552. The zero-order valence-electron chi connectivity index (χ0n) is 7.41. The van der Waals surface area contributed by atoms with Crippen LogP contribution in [-0.2, 0) is 4.74 Å². The molecule has 0 aliphatic heterocycles. The van der Waals surface area contributed by atoms with Gasteiger partial charge in [-0.05, 0) is 17.7 Å². The minimum atomic E-state index is -0.429.